The number of unbranched alkanes of at least 4 members (excludes halogenated alkanes) is 2. The van der Waals surface area contributed by atoms with Crippen molar-refractivity contribution in [3.63, 3.8) is 0 Å². The summed E-state index contributed by atoms with van der Waals surface area (Å²) in [5, 5.41) is 3.39. The Hall–Kier alpha value is -1.09. The lowest BCUT2D eigenvalue weighted by molar-refractivity contribution is 0.399. The minimum atomic E-state index is -0.219. The quantitative estimate of drug-likeness (QED) is 0.733. The fraction of sp³-hybridized carbons (Fsp3) is 0.571. The molecule has 0 amide bonds. The molecule has 96 valence electrons. The first-order chi connectivity index (χ1) is 8.19. The summed E-state index contributed by atoms with van der Waals surface area (Å²) >= 11 is 0. The summed E-state index contributed by atoms with van der Waals surface area (Å²) in [5.74, 6) is 0.518. The van der Waals surface area contributed by atoms with Crippen LogP contribution in [0.25, 0.3) is 0 Å². The van der Waals surface area contributed by atoms with Crippen LogP contribution in [-0.2, 0) is 0 Å². The standard InChI is InChI=1S/C14H22FNO/c1-4-5-6-9-16-11(2)13-10-12(15)7-8-14(13)17-3/h7-8,10-11,16H,4-6,9H2,1-3H3. The number of benzene rings is 1. The van der Waals surface area contributed by atoms with Gasteiger partial charge in [-0.15, -0.1) is 0 Å². The zero-order valence-electron chi connectivity index (χ0n) is 10.9. The predicted octanol–water partition coefficient (Wildman–Crippen LogP) is 3.68. The van der Waals surface area contributed by atoms with Gasteiger partial charge in [-0.3, -0.25) is 0 Å². The van der Waals surface area contributed by atoms with Crippen LogP contribution in [0, 0.1) is 5.82 Å². The van der Waals surface area contributed by atoms with E-state index >= 15 is 0 Å². The van der Waals surface area contributed by atoms with Crippen molar-refractivity contribution in [2.24, 2.45) is 0 Å². The van der Waals surface area contributed by atoms with Crippen LogP contribution < -0.4 is 10.1 Å². The van der Waals surface area contributed by atoms with Gasteiger partial charge in [-0.05, 0) is 38.1 Å². The molecule has 0 aromatic heterocycles. The molecule has 1 N–H and O–H groups in total. The normalized spacial score (nSPS) is 12.5. The van der Waals surface area contributed by atoms with Crippen LogP contribution in [0.15, 0.2) is 18.2 Å². The van der Waals surface area contributed by atoms with E-state index in [9.17, 15) is 4.39 Å². The first-order valence-corrected chi connectivity index (χ1v) is 6.25. The second-order valence-corrected chi connectivity index (χ2v) is 4.27. The summed E-state index contributed by atoms with van der Waals surface area (Å²) < 4.78 is 18.4. The summed E-state index contributed by atoms with van der Waals surface area (Å²) in [6.45, 7) is 5.16. The molecule has 0 heterocycles. The lowest BCUT2D eigenvalue weighted by Crippen LogP contribution is -2.20. The fourth-order valence-corrected chi connectivity index (χ4v) is 1.85. The third-order valence-electron chi connectivity index (χ3n) is 2.89. The highest BCUT2D eigenvalue weighted by atomic mass is 19.1. The molecule has 1 unspecified atom stereocenters. The third-order valence-corrected chi connectivity index (χ3v) is 2.89. The van der Waals surface area contributed by atoms with E-state index < -0.39 is 0 Å². The van der Waals surface area contributed by atoms with E-state index in [0.29, 0.717) is 0 Å². The van der Waals surface area contributed by atoms with Crippen molar-refractivity contribution in [2.45, 2.75) is 39.2 Å². The third kappa shape index (κ3) is 4.35. The number of hydrogen-bond acceptors (Lipinski definition) is 2. The summed E-state index contributed by atoms with van der Waals surface area (Å²) in [6, 6.07) is 4.75. The van der Waals surface area contributed by atoms with Crippen molar-refractivity contribution in [2.75, 3.05) is 13.7 Å². The minimum Gasteiger partial charge on any atom is -0.496 e. The Morgan fingerprint density at radius 3 is 2.76 bits per heavy atom. The summed E-state index contributed by atoms with van der Waals surface area (Å²) in [7, 11) is 1.61. The average molecular weight is 239 g/mol. The predicted molar refractivity (Wildman–Crippen MR) is 68.9 cm³/mol. The van der Waals surface area contributed by atoms with E-state index in [4.69, 9.17) is 4.74 Å². The lowest BCUT2D eigenvalue weighted by atomic mass is 10.1. The maximum atomic E-state index is 13.2. The molecule has 0 saturated heterocycles. The molecule has 3 heteroatoms. The van der Waals surface area contributed by atoms with Crippen LogP contribution in [0.3, 0.4) is 0 Å². The second-order valence-electron chi connectivity index (χ2n) is 4.27. The van der Waals surface area contributed by atoms with E-state index in [1.807, 2.05) is 6.92 Å². The molecule has 17 heavy (non-hydrogen) atoms. The number of rotatable bonds is 7. The molecule has 1 atom stereocenters. The van der Waals surface area contributed by atoms with E-state index in [1.54, 1.807) is 13.2 Å². The van der Waals surface area contributed by atoms with Gasteiger partial charge in [0.1, 0.15) is 11.6 Å². The maximum Gasteiger partial charge on any atom is 0.123 e. The number of nitrogens with one attached hydrogen (secondary N) is 1. The van der Waals surface area contributed by atoms with Gasteiger partial charge < -0.3 is 10.1 Å². The van der Waals surface area contributed by atoms with Crippen LogP contribution in [0.2, 0.25) is 0 Å². The van der Waals surface area contributed by atoms with Gasteiger partial charge in [0.05, 0.1) is 7.11 Å². The molecule has 1 aromatic carbocycles. The van der Waals surface area contributed by atoms with E-state index in [-0.39, 0.29) is 11.9 Å². The Labute approximate surface area is 103 Å². The van der Waals surface area contributed by atoms with Gasteiger partial charge in [-0.2, -0.15) is 0 Å². The van der Waals surface area contributed by atoms with Gasteiger partial charge in [0, 0.05) is 11.6 Å². The Bertz CT molecular complexity index is 341. The monoisotopic (exact) mass is 239 g/mol. The molecule has 1 rings (SSSR count). The summed E-state index contributed by atoms with van der Waals surface area (Å²) in [5.41, 5.74) is 0.879. The first-order valence-electron chi connectivity index (χ1n) is 6.25. The molecule has 0 bridgehead atoms. The largest absolute Gasteiger partial charge is 0.496 e. The molecule has 2 nitrogen and oxygen atoms in total. The molecule has 0 aliphatic heterocycles. The maximum absolute atomic E-state index is 13.2. The van der Waals surface area contributed by atoms with Crippen LogP contribution in [0.5, 0.6) is 5.75 Å². The second kappa shape index (κ2) is 7.28. The number of halogens is 1. The molecule has 0 fully saturated rings. The highest BCUT2D eigenvalue weighted by molar-refractivity contribution is 5.36. The lowest BCUT2D eigenvalue weighted by Gasteiger charge is -2.17. The Balaban J connectivity index is 2.60. The highest BCUT2D eigenvalue weighted by Gasteiger charge is 2.11. The van der Waals surface area contributed by atoms with Gasteiger partial charge in [-0.1, -0.05) is 19.8 Å². The van der Waals surface area contributed by atoms with E-state index in [1.165, 1.54) is 25.0 Å². The van der Waals surface area contributed by atoms with Crippen molar-refractivity contribution in [3.8, 4) is 5.75 Å². The van der Waals surface area contributed by atoms with Gasteiger partial charge in [-0.25, -0.2) is 4.39 Å². The van der Waals surface area contributed by atoms with Gasteiger partial charge in [0.15, 0.2) is 0 Å². The Morgan fingerprint density at radius 1 is 1.35 bits per heavy atom. The van der Waals surface area contributed by atoms with Crippen LogP contribution >= 0.6 is 0 Å². The zero-order chi connectivity index (χ0) is 12.7. The van der Waals surface area contributed by atoms with Crippen molar-refractivity contribution in [3.05, 3.63) is 29.6 Å². The number of ether oxygens (including phenoxy) is 1. The molecule has 0 aliphatic rings. The zero-order valence-corrected chi connectivity index (χ0v) is 10.9. The molecular formula is C14H22FNO. The van der Waals surface area contributed by atoms with Gasteiger partial charge in [0.25, 0.3) is 0 Å². The molecule has 0 spiro atoms. The number of hydrogen-bond donors (Lipinski definition) is 1. The molecular weight excluding hydrogens is 217 g/mol. The van der Waals surface area contributed by atoms with Crippen molar-refractivity contribution >= 4 is 0 Å². The minimum absolute atomic E-state index is 0.109. The van der Waals surface area contributed by atoms with Crippen molar-refractivity contribution < 1.29 is 9.13 Å². The summed E-state index contributed by atoms with van der Waals surface area (Å²) in [4.78, 5) is 0. The summed E-state index contributed by atoms with van der Waals surface area (Å²) in [6.07, 6.45) is 3.58. The topological polar surface area (TPSA) is 21.3 Å². The van der Waals surface area contributed by atoms with E-state index in [0.717, 1.165) is 24.3 Å². The molecule has 0 aliphatic carbocycles. The Kier molecular flexibility index (Phi) is 5.98. The Morgan fingerprint density at radius 2 is 2.12 bits per heavy atom. The van der Waals surface area contributed by atoms with Crippen LogP contribution in [0.4, 0.5) is 4.39 Å². The van der Waals surface area contributed by atoms with Crippen LogP contribution in [0.1, 0.15) is 44.7 Å². The molecule has 1 aromatic rings. The fourth-order valence-electron chi connectivity index (χ4n) is 1.85. The van der Waals surface area contributed by atoms with Crippen molar-refractivity contribution in [1.29, 1.82) is 0 Å². The molecule has 0 radical (unpaired) electrons. The SMILES string of the molecule is CCCCCNC(C)c1cc(F)ccc1OC. The van der Waals surface area contributed by atoms with Crippen LogP contribution in [-0.4, -0.2) is 13.7 Å². The van der Waals surface area contributed by atoms with Gasteiger partial charge in [0.2, 0.25) is 0 Å². The van der Waals surface area contributed by atoms with Crippen molar-refractivity contribution in [1.82, 2.24) is 5.32 Å². The highest BCUT2D eigenvalue weighted by Crippen LogP contribution is 2.25. The average Bonchev–Trinajstić information content (AvgIpc) is 2.34. The van der Waals surface area contributed by atoms with E-state index in [2.05, 4.69) is 12.2 Å². The van der Waals surface area contributed by atoms with Gasteiger partial charge >= 0.3 is 0 Å². The molecule has 0 saturated carbocycles. The smallest absolute Gasteiger partial charge is 0.123 e. The number of methoxy groups -OCH3 is 1. The first kappa shape index (κ1) is 14.0.